The van der Waals surface area contributed by atoms with Crippen molar-refractivity contribution in [3.63, 3.8) is 0 Å². The van der Waals surface area contributed by atoms with E-state index in [9.17, 15) is 14.9 Å². The molecule has 0 radical (unpaired) electrons. The topological polar surface area (TPSA) is 89.3 Å². The van der Waals surface area contributed by atoms with Gasteiger partial charge in [0.05, 0.1) is 17.4 Å². The predicted molar refractivity (Wildman–Crippen MR) is 139 cm³/mol. The first kappa shape index (κ1) is 23.9. The average molecular weight is 520 g/mol. The summed E-state index contributed by atoms with van der Waals surface area (Å²) in [6, 6.07) is 14.4. The number of carbonyl (C=O) groups excluding carboxylic acids is 2. The van der Waals surface area contributed by atoms with E-state index in [2.05, 4.69) is 10.3 Å². The van der Waals surface area contributed by atoms with E-state index in [1.807, 2.05) is 6.07 Å². The molecule has 0 bridgehead atoms. The van der Waals surface area contributed by atoms with E-state index in [0.717, 1.165) is 6.42 Å². The standard InChI is InChI=1S/C26H19ClFN5O2S/c1-15-11-19(14-30-22(15)13-29)32-24(35)26(9-2-10-26)33(25(32)36)18-7-8-20(21(28)12-18)23(34)31-17-5-3-16(27)4-6-17/h3-8,11-12,14H,2,9-10H2,1H3,(H,31,34). The normalized spacial score (nSPS) is 16.2. The molecule has 10 heteroatoms. The molecule has 0 unspecified atom stereocenters. The van der Waals surface area contributed by atoms with Gasteiger partial charge >= 0.3 is 0 Å². The number of rotatable bonds is 4. The van der Waals surface area contributed by atoms with Gasteiger partial charge in [0, 0.05) is 16.4 Å². The molecule has 1 aromatic heterocycles. The van der Waals surface area contributed by atoms with Gasteiger partial charge in [-0.05, 0) is 92.5 Å². The Bertz CT molecular complexity index is 1470. The predicted octanol–water partition coefficient (Wildman–Crippen LogP) is 5.37. The second-order valence-electron chi connectivity index (χ2n) is 8.74. The maximum Gasteiger partial charge on any atom is 0.259 e. The fourth-order valence-electron chi connectivity index (χ4n) is 4.57. The van der Waals surface area contributed by atoms with E-state index in [4.69, 9.17) is 23.8 Å². The zero-order valence-corrected chi connectivity index (χ0v) is 20.7. The second-order valence-corrected chi connectivity index (χ2v) is 9.54. The number of halogens is 2. The van der Waals surface area contributed by atoms with E-state index >= 15 is 4.39 Å². The van der Waals surface area contributed by atoms with Crippen LogP contribution in [-0.4, -0.2) is 27.4 Å². The molecule has 1 aliphatic carbocycles. The summed E-state index contributed by atoms with van der Waals surface area (Å²) in [5.74, 6) is -1.56. The van der Waals surface area contributed by atoms with E-state index in [0.29, 0.717) is 40.5 Å². The highest BCUT2D eigenvalue weighted by molar-refractivity contribution is 7.81. The van der Waals surface area contributed by atoms with Crippen molar-refractivity contribution in [2.45, 2.75) is 31.7 Å². The average Bonchev–Trinajstić information content (AvgIpc) is 3.07. The number of anilines is 3. The Morgan fingerprint density at radius 3 is 2.50 bits per heavy atom. The van der Waals surface area contributed by atoms with Crippen molar-refractivity contribution in [1.29, 1.82) is 5.26 Å². The van der Waals surface area contributed by atoms with Crippen LogP contribution in [0.5, 0.6) is 0 Å². The Hall–Kier alpha value is -3.87. The highest BCUT2D eigenvalue weighted by Gasteiger charge is 2.59. The maximum absolute atomic E-state index is 15.2. The number of nitrogens with one attached hydrogen (secondary N) is 1. The minimum absolute atomic E-state index is 0.142. The van der Waals surface area contributed by atoms with Crippen LogP contribution < -0.4 is 15.1 Å². The van der Waals surface area contributed by atoms with E-state index in [1.165, 1.54) is 23.2 Å². The van der Waals surface area contributed by atoms with Crippen molar-refractivity contribution in [2.24, 2.45) is 0 Å². The number of nitrogens with zero attached hydrogens (tertiary/aromatic N) is 4. The molecule has 2 fully saturated rings. The van der Waals surface area contributed by atoms with Gasteiger partial charge in [-0.1, -0.05) is 11.6 Å². The molecule has 2 aromatic carbocycles. The van der Waals surface area contributed by atoms with Crippen molar-refractivity contribution in [2.75, 3.05) is 15.1 Å². The summed E-state index contributed by atoms with van der Waals surface area (Å²) in [5.41, 5.74) is 1.14. The lowest BCUT2D eigenvalue weighted by Gasteiger charge is -2.43. The van der Waals surface area contributed by atoms with Crippen LogP contribution in [-0.2, 0) is 4.79 Å². The molecule has 1 N–H and O–H groups in total. The second kappa shape index (κ2) is 8.97. The Balaban J connectivity index is 1.46. The molecule has 180 valence electrons. The Kier molecular flexibility index (Phi) is 5.94. The summed E-state index contributed by atoms with van der Waals surface area (Å²) in [7, 11) is 0. The first-order valence-corrected chi connectivity index (χ1v) is 12.0. The van der Waals surface area contributed by atoms with Gasteiger partial charge in [-0.2, -0.15) is 5.26 Å². The Morgan fingerprint density at radius 2 is 1.92 bits per heavy atom. The third kappa shape index (κ3) is 3.79. The Morgan fingerprint density at radius 1 is 1.19 bits per heavy atom. The minimum atomic E-state index is -0.918. The highest BCUT2D eigenvalue weighted by atomic mass is 35.5. The summed E-state index contributed by atoms with van der Waals surface area (Å²) < 4.78 is 15.2. The van der Waals surface area contributed by atoms with Crippen molar-refractivity contribution in [3.05, 3.63) is 82.4 Å². The number of benzene rings is 2. The summed E-state index contributed by atoms with van der Waals surface area (Å²) >= 11 is 11.6. The third-order valence-electron chi connectivity index (χ3n) is 6.58. The molecule has 2 heterocycles. The van der Waals surface area contributed by atoms with Gasteiger partial charge in [-0.25, -0.2) is 9.37 Å². The van der Waals surface area contributed by atoms with E-state index < -0.39 is 17.3 Å². The number of pyridine rings is 1. The van der Waals surface area contributed by atoms with Crippen LogP contribution in [0.2, 0.25) is 5.02 Å². The molecule has 5 rings (SSSR count). The van der Waals surface area contributed by atoms with Gasteiger partial charge in [0.2, 0.25) is 0 Å². The zero-order valence-electron chi connectivity index (χ0n) is 19.1. The number of thiocarbonyl (C=S) groups is 1. The van der Waals surface area contributed by atoms with Gasteiger partial charge in [-0.3, -0.25) is 14.5 Å². The van der Waals surface area contributed by atoms with Crippen LogP contribution >= 0.6 is 23.8 Å². The zero-order chi connectivity index (χ0) is 25.6. The third-order valence-corrected chi connectivity index (χ3v) is 7.20. The van der Waals surface area contributed by atoms with E-state index in [1.54, 1.807) is 48.2 Å². The summed E-state index contributed by atoms with van der Waals surface area (Å²) in [5, 5.41) is 12.5. The van der Waals surface area contributed by atoms with Crippen LogP contribution in [0.1, 0.15) is 40.9 Å². The molecule has 1 saturated heterocycles. The smallest absolute Gasteiger partial charge is 0.259 e. The van der Waals surface area contributed by atoms with Crippen LogP contribution in [0, 0.1) is 24.1 Å². The minimum Gasteiger partial charge on any atom is -0.322 e. The number of aromatic nitrogens is 1. The summed E-state index contributed by atoms with van der Waals surface area (Å²) in [6.07, 6.45) is 3.39. The SMILES string of the molecule is Cc1cc(N2C(=O)C3(CCC3)N(c3ccc(C(=O)Nc4ccc(Cl)cc4)c(F)c3)C2=S)cnc1C#N. The molecule has 36 heavy (non-hydrogen) atoms. The van der Waals surface area contributed by atoms with Crippen LogP contribution in [0.25, 0.3) is 0 Å². The van der Waals surface area contributed by atoms with Gasteiger partial charge < -0.3 is 10.2 Å². The molecule has 1 saturated carbocycles. The summed E-state index contributed by atoms with van der Waals surface area (Å²) in [4.78, 5) is 33.5. The van der Waals surface area contributed by atoms with Crippen molar-refractivity contribution >= 4 is 57.8 Å². The van der Waals surface area contributed by atoms with Gasteiger partial charge in [0.25, 0.3) is 11.8 Å². The number of carbonyl (C=O) groups is 2. The molecule has 0 atom stereocenters. The quantitative estimate of drug-likeness (QED) is 0.466. The molecule has 2 aliphatic rings. The maximum atomic E-state index is 15.2. The number of hydrogen-bond acceptors (Lipinski definition) is 5. The number of hydrogen-bond donors (Lipinski definition) is 1. The molecule has 3 aromatic rings. The van der Waals surface area contributed by atoms with Gasteiger partial charge in [-0.15, -0.1) is 0 Å². The van der Waals surface area contributed by atoms with E-state index in [-0.39, 0.29) is 22.3 Å². The summed E-state index contributed by atoms with van der Waals surface area (Å²) in [6.45, 7) is 1.73. The lowest BCUT2D eigenvalue weighted by Crippen LogP contribution is -2.55. The fraction of sp³-hybridized carbons (Fsp3) is 0.192. The van der Waals surface area contributed by atoms with Gasteiger partial charge in [0.15, 0.2) is 5.11 Å². The fourth-order valence-corrected chi connectivity index (χ4v) is 5.16. The van der Waals surface area contributed by atoms with Crippen molar-refractivity contribution in [1.82, 2.24) is 4.98 Å². The number of amides is 2. The molecule has 2 amide bonds. The lowest BCUT2D eigenvalue weighted by molar-refractivity contribution is -0.123. The number of aryl methyl sites for hydroxylation is 1. The molecular formula is C26H19ClFN5O2S. The highest BCUT2D eigenvalue weighted by Crippen LogP contribution is 2.48. The number of nitriles is 1. The van der Waals surface area contributed by atoms with Gasteiger partial charge in [0.1, 0.15) is 23.1 Å². The lowest BCUT2D eigenvalue weighted by atomic mass is 9.75. The van der Waals surface area contributed by atoms with Crippen LogP contribution in [0.15, 0.2) is 54.7 Å². The molecule has 1 aliphatic heterocycles. The molecule has 1 spiro atoms. The largest absolute Gasteiger partial charge is 0.322 e. The van der Waals surface area contributed by atoms with Crippen molar-refractivity contribution in [3.8, 4) is 6.07 Å². The monoisotopic (exact) mass is 519 g/mol. The molecule has 7 nitrogen and oxygen atoms in total. The first-order chi connectivity index (χ1) is 17.2. The first-order valence-electron chi connectivity index (χ1n) is 11.2. The van der Waals surface area contributed by atoms with Crippen LogP contribution in [0.4, 0.5) is 21.5 Å². The van der Waals surface area contributed by atoms with Crippen LogP contribution in [0.3, 0.4) is 0 Å². The molecular weight excluding hydrogens is 501 g/mol. The van der Waals surface area contributed by atoms with Crippen molar-refractivity contribution < 1.29 is 14.0 Å². The Labute approximate surface area is 217 Å².